The lowest BCUT2D eigenvalue weighted by molar-refractivity contribution is 0.240. The number of nitrogens with zero attached hydrogens (tertiary/aromatic N) is 1. The largest absolute Gasteiger partial charge is 0.491 e. The summed E-state index contributed by atoms with van der Waals surface area (Å²) in [5.41, 5.74) is 6.84. The van der Waals surface area contributed by atoms with E-state index in [1.54, 1.807) is 11.3 Å². The summed E-state index contributed by atoms with van der Waals surface area (Å²) < 4.78 is 5.94. The third-order valence-corrected chi connectivity index (χ3v) is 6.05. The first-order valence-corrected chi connectivity index (χ1v) is 10.3. The van der Waals surface area contributed by atoms with Crippen molar-refractivity contribution in [3.63, 3.8) is 0 Å². The monoisotopic (exact) mass is 363 g/mol. The zero-order valence-electron chi connectivity index (χ0n) is 15.7. The molecule has 0 atom stereocenters. The summed E-state index contributed by atoms with van der Waals surface area (Å²) in [7, 11) is 0. The van der Waals surface area contributed by atoms with E-state index in [0.717, 1.165) is 17.2 Å². The van der Waals surface area contributed by atoms with Crippen molar-refractivity contribution in [3.05, 3.63) is 59.3 Å². The molecule has 1 aliphatic carbocycles. The molecule has 0 N–H and O–H groups in total. The molecule has 0 aliphatic heterocycles. The Labute approximate surface area is 159 Å². The molecular formula is C23H25NOS. The van der Waals surface area contributed by atoms with Gasteiger partial charge in [-0.25, -0.2) is 4.98 Å². The number of fused-ring (bicyclic) bond motifs is 1. The Morgan fingerprint density at radius 1 is 1.15 bits per heavy atom. The normalized spacial score (nSPS) is 13.2. The van der Waals surface area contributed by atoms with E-state index in [4.69, 9.17) is 9.72 Å². The van der Waals surface area contributed by atoms with Gasteiger partial charge in [-0.3, -0.25) is 0 Å². The van der Waals surface area contributed by atoms with Gasteiger partial charge in [0.25, 0.3) is 0 Å². The van der Waals surface area contributed by atoms with E-state index in [-0.39, 0.29) is 6.10 Å². The average molecular weight is 364 g/mol. The van der Waals surface area contributed by atoms with Gasteiger partial charge in [0, 0.05) is 11.8 Å². The molecule has 0 saturated heterocycles. The maximum atomic E-state index is 5.94. The molecule has 0 bridgehead atoms. The van der Waals surface area contributed by atoms with Crippen LogP contribution in [-0.2, 0) is 19.3 Å². The third-order valence-electron chi connectivity index (χ3n) is 4.97. The molecule has 0 spiro atoms. The molecule has 0 radical (unpaired) electrons. The second-order valence-electron chi connectivity index (χ2n) is 7.17. The van der Waals surface area contributed by atoms with Gasteiger partial charge in [0.15, 0.2) is 0 Å². The van der Waals surface area contributed by atoms with Gasteiger partial charge in [-0.2, -0.15) is 0 Å². The highest BCUT2D eigenvalue weighted by atomic mass is 32.1. The molecular weight excluding hydrogens is 338 g/mol. The molecule has 2 aromatic carbocycles. The predicted molar refractivity (Wildman–Crippen MR) is 110 cm³/mol. The highest BCUT2D eigenvalue weighted by Gasteiger charge is 2.17. The van der Waals surface area contributed by atoms with Crippen molar-refractivity contribution in [2.24, 2.45) is 0 Å². The molecule has 1 aromatic heterocycles. The van der Waals surface area contributed by atoms with E-state index in [2.05, 4.69) is 57.2 Å². The predicted octanol–water partition coefficient (Wildman–Crippen LogP) is 6.32. The average Bonchev–Trinajstić information content (AvgIpc) is 3.30. The Morgan fingerprint density at radius 3 is 2.85 bits per heavy atom. The molecule has 2 nitrogen and oxygen atoms in total. The van der Waals surface area contributed by atoms with Gasteiger partial charge in [0.05, 0.1) is 11.0 Å². The minimum absolute atomic E-state index is 0.192. The first kappa shape index (κ1) is 17.3. The van der Waals surface area contributed by atoms with Gasteiger partial charge in [-0.15, -0.1) is 11.3 Å². The number of hydrogen-bond acceptors (Lipinski definition) is 3. The Kier molecular flexibility index (Phi) is 4.82. The van der Waals surface area contributed by atoms with Crippen molar-refractivity contribution >= 4 is 11.3 Å². The molecule has 0 unspecified atom stereocenters. The van der Waals surface area contributed by atoms with Gasteiger partial charge in [0.1, 0.15) is 10.8 Å². The highest BCUT2D eigenvalue weighted by molar-refractivity contribution is 7.18. The van der Waals surface area contributed by atoms with Crippen LogP contribution in [0.15, 0.2) is 42.6 Å². The quantitative estimate of drug-likeness (QED) is 0.529. The van der Waals surface area contributed by atoms with Crippen molar-refractivity contribution < 1.29 is 4.74 Å². The van der Waals surface area contributed by atoms with Crippen LogP contribution in [0.1, 0.15) is 43.9 Å². The maximum absolute atomic E-state index is 5.94. The fraction of sp³-hybridized carbons (Fsp3) is 0.348. The van der Waals surface area contributed by atoms with E-state index in [0.29, 0.717) is 0 Å². The van der Waals surface area contributed by atoms with Crippen molar-refractivity contribution in [2.75, 3.05) is 0 Å². The van der Waals surface area contributed by atoms with Gasteiger partial charge in [-0.05, 0) is 80.0 Å². The molecule has 26 heavy (non-hydrogen) atoms. The summed E-state index contributed by atoms with van der Waals surface area (Å²) in [5.74, 6) is 0.990. The lowest BCUT2D eigenvalue weighted by Crippen LogP contribution is -2.07. The van der Waals surface area contributed by atoms with Crippen LogP contribution in [0.2, 0.25) is 0 Å². The van der Waals surface area contributed by atoms with E-state index >= 15 is 0 Å². The smallest absolute Gasteiger partial charge is 0.123 e. The molecule has 1 aliphatic rings. The minimum Gasteiger partial charge on any atom is -0.491 e. The second-order valence-corrected chi connectivity index (χ2v) is 8.20. The Morgan fingerprint density at radius 2 is 2.04 bits per heavy atom. The van der Waals surface area contributed by atoms with Crippen molar-refractivity contribution in [1.29, 1.82) is 0 Å². The zero-order chi connectivity index (χ0) is 18.1. The first-order chi connectivity index (χ1) is 12.7. The number of benzene rings is 2. The van der Waals surface area contributed by atoms with Gasteiger partial charge in [0.2, 0.25) is 0 Å². The van der Waals surface area contributed by atoms with Crippen LogP contribution in [0.4, 0.5) is 0 Å². The fourth-order valence-electron chi connectivity index (χ4n) is 3.74. The summed E-state index contributed by atoms with van der Waals surface area (Å²) in [5, 5.41) is 1.08. The molecule has 3 aromatic rings. The van der Waals surface area contributed by atoms with Crippen molar-refractivity contribution in [2.45, 2.75) is 52.6 Å². The van der Waals surface area contributed by atoms with Crippen LogP contribution >= 0.6 is 11.3 Å². The van der Waals surface area contributed by atoms with E-state index in [1.807, 2.05) is 6.20 Å². The van der Waals surface area contributed by atoms with Crippen LogP contribution in [0, 0.1) is 0 Å². The second kappa shape index (κ2) is 7.24. The van der Waals surface area contributed by atoms with Gasteiger partial charge >= 0.3 is 0 Å². The lowest BCUT2D eigenvalue weighted by atomic mass is 10.0. The SMILES string of the molecule is CCc1cc(-c2ncc(-c3cccc4c3CCC4)s2)ccc1OC(C)C. The molecule has 0 amide bonds. The van der Waals surface area contributed by atoms with Crippen LogP contribution < -0.4 is 4.74 Å². The fourth-order valence-corrected chi connectivity index (χ4v) is 4.71. The van der Waals surface area contributed by atoms with Crippen LogP contribution in [0.5, 0.6) is 5.75 Å². The topological polar surface area (TPSA) is 22.1 Å². The van der Waals surface area contributed by atoms with E-state index < -0.39 is 0 Å². The van der Waals surface area contributed by atoms with E-state index in [9.17, 15) is 0 Å². The van der Waals surface area contributed by atoms with Crippen molar-refractivity contribution in [1.82, 2.24) is 4.98 Å². The first-order valence-electron chi connectivity index (χ1n) is 9.52. The van der Waals surface area contributed by atoms with Gasteiger partial charge in [-0.1, -0.05) is 25.1 Å². The summed E-state index contributed by atoms with van der Waals surface area (Å²) in [6.07, 6.45) is 6.87. The molecule has 4 rings (SSSR count). The zero-order valence-corrected chi connectivity index (χ0v) is 16.5. The lowest BCUT2D eigenvalue weighted by Gasteiger charge is -2.14. The summed E-state index contributed by atoms with van der Waals surface area (Å²) in [4.78, 5) is 6.01. The highest BCUT2D eigenvalue weighted by Crippen LogP contribution is 2.38. The number of rotatable bonds is 5. The Bertz CT molecular complexity index is 926. The van der Waals surface area contributed by atoms with Gasteiger partial charge < -0.3 is 4.74 Å². The van der Waals surface area contributed by atoms with Crippen LogP contribution in [0.3, 0.4) is 0 Å². The molecule has 3 heteroatoms. The number of ether oxygens (including phenoxy) is 1. The number of aryl methyl sites for hydroxylation is 2. The standard InChI is InChI=1S/C23H25NOS/c1-4-16-13-18(11-12-21(16)25-15(2)3)23-24-14-22(26-23)20-10-6-8-17-7-5-9-19(17)20/h6,8,10-15H,4-5,7,9H2,1-3H3. The Hall–Kier alpha value is -2.13. The van der Waals surface area contributed by atoms with E-state index in [1.165, 1.54) is 52.0 Å². The third kappa shape index (κ3) is 3.28. The molecule has 0 fully saturated rings. The Balaban J connectivity index is 1.68. The minimum atomic E-state index is 0.192. The van der Waals surface area contributed by atoms with Crippen LogP contribution in [-0.4, -0.2) is 11.1 Å². The molecule has 0 saturated carbocycles. The number of hydrogen-bond donors (Lipinski definition) is 0. The number of thiazole rings is 1. The number of aromatic nitrogens is 1. The molecule has 134 valence electrons. The summed E-state index contributed by atoms with van der Waals surface area (Å²) in [6, 6.07) is 13.2. The maximum Gasteiger partial charge on any atom is 0.123 e. The van der Waals surface area contributed by atoms with Crippen LogP contribution in [0.25, 0.3) is 21.0 Å². The summed E-state index contributed by atoms with van der Waals surface area (Å²) in [6.45, 7) is 6.31. The summed E-state index contributed by atoms with van der Waals surface area (Å²) >= 11 is 1.79. The van der Waals surface area contributed by atoms with Crippen molar-refractivity contribution in [3.8, 4) is 26.8 Å². The molecule has 1 heterocycles.